The van der Waals surface area contributed by atoms with Crippen LogP contribution in [0, 0.1) is 0 Å². The maximum absolute atomic E-state index is 12.3. The molecule has 0 spiro atoms. The van der Waals surface area contributed by atoms with Gasteiger partial charge >= 0.3 is 0 Å². The summed E-state index contributed by atoms with van der Waals surface area (Å²) < 4.78 is 12.3. The fourth-order valence-corrected chi connectivity index (χ4v) is 0.891. The molecule has 1 nitrogen and oxygen atoms in total. The first kappa shape index (κ1) is 5.60. The minimum Gasteiger partial charge on any atom is -0.402 e. The average molecular weight is 115 g/mol. The van der Waals surface area contributed by atoms with Crippen LogP contribution in [0.1, 0.15) is 19.3 Å². The fraction of sp³-hybridized carbons (Fsp3) is 0.667. The summed E-state index contributed by atoms with van der Waals surface area (Å²) in [5.74, 6) is 0. The SMILES string of the molecule is NC1=CCCC(F)C1. The van der Waals surface area contributed by atoms with Crippen LogP contribution >= 0.6 is 0 Å². The van der Waals surface area contributed by atoms with Crippen LogP contribution in [0.3, 0.4) is 0 Å². The van der Waals surface area contributed by atoms with E-state index in [0.717, 1.165) is 6.42 Å². The lowest BCUT2D eigenvalue weighted by atomic mass is 10.0. The summed E-state index contributed by atoms with van der Waals surface area (Å²) >= 11 is 0. The first-order valence-corrected chi connectivity index (χ1v) is 2.87. The van der Waals surface area contributed by atoms with Crippen LogP contribution in [0.4, 0.5) is 4.39 Å². The summed E-state index contributed by atoms with van der Waals surface area (Å²) in [6.07, 6.45) is 3.13. The van der Waals surface area contributed by atoms with E-state index >= 15 is 0 Å². The van der Waals surface area contributed by atoms with Gasteiger partial charge in [0.1, 0.15) is 6.17 Å². The Balaban J connectivity index is 2.45. The first-order chi connectivity index (χ1) is 3.79. The van der Waals surface area contributed by atoms with E-state index in [1.54, 1.807) is 0 Å². The molecule has 1 rings (SSSR count). The Morgan fingerprint density at radius 3 is 2.88 bits per heavy atom. The largest absolute Gasteiger partial charge is 0.402 e. The van der Waals surface area contributed by atoms with Gasteiger partial charge in [0.2, 0.25) is 0 Å². The van der Waals surface area contributed by atoms with Gasteiger partial charge in [0, 0.05) is 12.1 Å². The molecule has 0 bridgehead atoms. The molecule has 2 N–H and O–H groups in total. The minimum absolute atomic E-state index is 0.444. The van der Waals surface area contributed by atoms with E-state index in [-0.39, 0.29) is 0 Å². The molecule has 1 unspecified atom stereocenters. The maximum atomic E-state index is 12.3. The van der Waals surface area contributed by atoms with Gasteiger partial charge in [-0.2, -0.15) is 0 Å². The molecule has 1 atom stereocenters. The summed E-state index contributed by atoms with van der Waals surface area (Å²) in [7, 11) is 0. The standard InChI is InChI=1S/C6H10FN/c7-5-2-1-3-6(8)4-5/h3,5H,1-2,4,8H2. The fourth-order valence-electron chi connectivity index (χ4n) is 0.891. The molecule has 0 amide bonds. The van der Waals surface area contributed by atoms with E-state index < -0.39 is 6.17 Å². The molecule has 0 heterocycles. The van der Waals surface area contributed by atoms with Gasteiger partial charge in [-0.3, -0.25) is 0 Å². The first-order valence-electron chi connectivity index (χ1n) is 2.87. The predicted octanol–water partition coefficient (Wildman–Crippen LogP) is 1.35. The summed E-state index contributed by atoms with van der Waals surface area (Å²) in [6.45, 7) is 0. The third kappa shape index (κ3) is 1.22. The van der Waals surface area contributed by atoms with Gasteiger partial charge in [-0.05, 0) is 12.8 Å². The summed E-state index contributed by atoms with van der Waals surface area (Å²) in [4.78, 5) is 0. The molecule has 0 fully saturated rings. The topological polar surface area (TPSA) is 26.0 Å². The van der Waals surface area contributed by atoms with Crippen LogP contribution in [0.2, 0.25) is 0 Å². The number of allylic oxidation sites excluding steroid dienone is 2. The zero-order valence-corrected chi connectivity index (χ0v) is 4.73. The van der Waals surface area contributed by atoms with E-state index in [1.165, 1.54) is 0 Å². The highest BCUT2D eigenvalue weighted by Gasteiger charge is 2.10. The Morgan fingerprint density at radius 2 is 2.50 bits per heavy atom. The zero-order chi connectivity index (χ0) is 5.98. The number of halogens is 1. The monoisotopic (exact) mass is 115 g/mol. The second kappa shape index (κ2) is 2.16. The van der Waals surface area contributed by atoms with Crippen LogP contribution in [0.5, 0.6) is 0 Å². The molecule has 0 aromatic rings. The van der Waals surface area contributed by atoms with Crippen molar-refractivity contribution in [2.24, 2.45) is 5.73 Å². The highest BCUT2D eigenvalue weighted by atomic mass is 19.1. The lowest BCUT2D eigenvalue weighted by Crippen LogP contribution is -2.11. The van der Waals surface area contributed by atoms with Gasteiger partial charge in [0.25, 0.3) is 0 Å². The summed E-state index contributed by atoms with van der Waals surface area (Å²) in [6, 6.07) is 0. The molecule has 1 aliphatic rings. The summed E-state index contributed by atoms with van der Waals surface area (Å²) in [5.41, 5.74) is 6.06. The van der Waals surface area contributed by atoms with Crippen molar-refractivity contribution >= 4 is 0 Å². The van der Waals surface area contributed by atoms with Crippen molar-refractivity contribution in [3.8, 4) is 0 Å². The number of alkyl halides is 1. The lowest BCUT2D eigenvalue weighted by Gasteiger charge is -2.11. The van der Waals surface area contributed by atoms with Gasteiger partial charge in [-0.25, -0.2) is 4.39 Å². The van der Waals surface area contributed by atoms with Gasteiger partial charge in [0.05, 0.1) is 0 Å². The lowest BCUT2D eigenvalue weighted by molar-refractivity contribution is 0.304. The van der Waals surface area contributed by atoms with Crippen LogP contribution in [0.15, 0.2) is 11.8 Å². The Hall–Kier alpha value is -0.530. The molecule has 0 saturated heterocycles. The van der Waals surface area contributed by atoms with E-state index in [9.17, 15) is 4.39 Å². The van der Waals surface area contributed by atoms with Crippen molar-refractivity contribution in [2.75, 3.05) is 0 Å². The van der Waals surface area contributed by atoms with Gasteiger partial charge in [-0.15, -0.1) is 0 Å². The number of nitrogens with two attached hydrogens (primary N) is 1. The van der Waals surface area contributed by atoms with Crippen LogP contribution in [-0.4, -0.2) is 6.17 Å². The van der Waals surface area contributed by atoms with E-state index in [2.05, 4.69) is 0 Å². The van der Waals surface area contributed by atoms with Crippen molar-refractivity contribution in [3.63, 3.8) is 0 Å². The Kier molecular flexibility index (Phi) is 1.51. The molecular weight excluding hydrogens is 105 g/mol. The molecule has 2 heteroatoms. The second-order valence-corrected chi connectivity index (χ2v) is 2.16. The van der Waals surface area contributed by atoms with E-state index in [4.69, 9.17) is 5.73 Å². The smallest absolute Gasteiger partial charge is 0.106 e. The molecule has 0 aliphatic heterocycles. The molecule has 0 aromatic heterocycles. The van der Waals surface area contributed by atoms with E-state index in [0.29, 0.717) is 18.5 Å². The van der Waals surface area contributed by atoms with Crippen molar-refractivity contribution < 1.29 is 4.39 Å². The third-order valence-electron chi connectivity index (χ3n) is 1.34. The minimum atomic E-state index is -0.681. The van der Waals surface area contributed by atoms with Crippen LogP contribution < -0.4 is 5.73 Å². The molecular formula is C6H10FN. The second-order valence-electron chi connectivity index (χ2n) is 2.16. The van der Waals surface area contributed by atoms with Gasteiger partial charge < -0.3 is 5.73 Å². The Labute approximate surface area is 48.4 Å². The normalized spacial score (nSPS) is 29.6. The number of hydrogen-bond acceptors (Lipinski definition) is 1. The molecule has 46 valence electrons. The van der Waals surface area contributed by atoms with Crippen LogP contribution in [0.25, 0.3) is 0 Å². The van der Waals surface area contributed by atoms with Crippen LogP contribution in [-0.2, 0) is 0 Å². The van der Waals surface area contributed by atoms with Gasteiger partial charge in [-0.1, -0.05) is 6.08 Å². The average Bonchev–Trinajstić information content (AvgIpc) is 1.64. The molecule has 8 heavy (non-hydrogen) atoms. The zero-order valence-electron chi connectivity index (χ0n) is 4.73. The highest BCUT2D eigenvalue weighted by Crippen LogP contribution is 2.16. The Morgan fingerprint density at radius 1 is 1.75 bits per heavy atom. The Bertz CT molecular complexity index is 109. The van der Waals surface area contributed by atoms with Crippen molar-refractivity contribution in [3.05, 3.63) is 11.8 Å². The predicted molar refractivity (Wildman–Crippen MR) is 31.0 cm³/mol. The van der Waals surface area contributed by atoms with Crippen molar-refractivity contribution in [1.29, 1.82) is 0 Å². The molecule has 0 radical (unpaired) electrons. The third-order valence-corrected chi connectivity index (χ3v) is 1.34. The summed E-state index contributed by atoms with van der Waals surface area (Å²) in [5, 5.41) is 0. The molecule has 1 aliphatic carbocycles. The van der Waals surface area contributed by atoms with Gasteiger partial charge in [0.15, 0.2) is 0 Å². The quantitative estimate of drug-likeness (QED) is 0.506. The number of rotatable bonds is 0. The van der Waals surface area contributed by atoms with Crippen molar-refractivity contribution in [2.45, 2.75) is 25.4 Å². The van der Waals surface area contributed by atoms with E-state index in [1.807, 2.05) is 6.08 Å². The highest BCUT2D eigenvalue weighted by molar-refractivity contribution is 5.02. The maximum Gasteiger partial charge on any atom is 0.106 e. The molecule has 0 aromatic carbocycles. The van der Waals surface area contributed by atoms with Crippen molar-refractivity contribution in [1.82, 2.24) is 0 Å². The number of hydrogen-bond donors (Lipinski definition) is 1. The molecule has 0 saturated carbocycles.